The lowest BCUT2D eigenvalue weighted by molar-refractivity contribution is -0.117. The maximum Gasteiger partial charge on any atom is 0.242 e. The Morgan fingerprint density at radius 2 is 2.37 bits per heavy atom. The Bertz CT molecular complexity index is 628. The van der Waals surface area contributed by atoms with Crippen molar-refractivity contribution in [3.8, 4) is 0 Å². The van der Waals surface area contributed by atoms with Gasteiger partial charge in [0.2, 0.25) is 5.91 Å². The van der Waals surface area contributed by atoms with Gasteiger partial charge in [-0.3, -0.25) is 15.1 Å². The Balaban J connectivity index is 1.92. The Kier molecular flexibility index (Phi) is 3.59. The molecule has 4 nitrogen and oxygen atoms in total. The van der Waals surface area contributed by atoms with Crippen LogP contribution in [0.4, 0.5) is 5.69 Å². The molecule has 0 aliphatic carbocycles. The number of pyridine rings is 1. The third-order valence-electron chi connectivity index (χ3n) is 3.01. The topological polar surface area (TPSA) is 54.0 Å². The fraction of sp³-hybridized carbons (Fsp3) is 0.231. The van der Waals surface area contributed by atoms with Crippen LogP contribution >= 0.6 is 23.4 Å². The Morgan fingerprint density at radius 3 is 3.16 bits per heavy atom. The van der Waals surface area contributed by atoms with Crippen LogP contribution in [-0.4, -0.2) is 28.6 Å². The van der Waals surface area contributed by atoms with Gasteiger partial charge < -0.3 is 5.32 Å². The largest absolute Gasteiger partial charge is 0.324 e. The third kappa shape index (κ3) is 2.54. The van der Waals surface area contributed by atoms with Crippen LogP contribution < -0.4 is 10.6 Å². The fourth-order valence-corrected chi connectivity index (χ4v) is 3.19. The zero-order valence-electron chi connectivity index (χ0n) is 10.0. The molecule has 1 saturated heterocycles. The van der Waals surface area contributed by atoms with Crippen molar-refractivity contribution in [1.29, 1.82) is 0 Å². The molecule has 98 valence electrons. The molecular formula is C13H12ClN3OS. The van der Waals surface area contributed by atoms with Crippen molar-refractivity contribution in [2.24, 2.45) is 0 Å². The maximum atomic E-state index is 12.1. The molecule has 0 radical (unpaired) electrons. The van der Waals surface area contributed by atoms with Gasteiger partial charge in [0.15, 0.2) is 0 Å². The second-order valence-electron chi connectivity index (χ2n) is 4.26. The highest BCUT2D eigenvalue weighted by molar-refractivity contribution is 7.99. The summed E-state index contributed by atoms with van der Waals surface area (Å²) in [6, 6.07) is 7.17. The molecule has 1 fully saturated rings. The Morgan fingerprint density at radius 1 is 1.47 bits per heavy atom. The van der Waals surface area contributed by atoms with E-state index in [1.54, 1.807) is 24.0 Å². The molecule has 0 spiro atoms. The summed E-state index contributed by atoms with van der Waals surface area (Å²) in [5, 5.41) is 7.53. The molecule has 1 aliphatic heterocycles. The summed E-state index contributed by atoms with van der Waals surface area (Å²) in [5.41, 5.74) is 1.45. The van der Waals surface area contributed by atoms with Crippen LogP contribution in [0, 0.1) is 0 Å². The van der Waals surface area contributed by atoms with Gasteiger partial charge >= 0.3 is 0 Å². The molecular weight excluding hydrogens is 282 g/mol. The van der Waals surface area contributed by atoms with Crippen molar-refractivity contribution in [3.63, 3.8) is 0 Å². The van der Waals surface area contributed by atoms with E-state index in [0.717, 1.165) is 22.7 Å². The molecule has 1 aromatic carbocycles. The van der Waals surface area contributed by atoms with E-state index in [0.29, 0.717) is 10.5 Å². The van der Waals surface area contributed by atoms with Crippen molar-refractivity contribution in [1.82, 2.24) is 10.3 Å². The smallest absolute Gasteiger partial charge is 0.242 e. The van der Waals surface area contributed by atoms with Crippen LogP contribution in [0.2, 0.25) is 5.02 Å². The molecule has 2 aromatic rings. The number of amides is 1. The molecule has 1 unspecified atom stereocenters. The van der Waals surface area contributed by atoms with Crippen molar-refractivity contribution >= 4 is 45.9 Å². The molecule has 0 saturated carbocycles. The lowest BCUT2D eigenvalue weighted by Gasteiger charge is -2.12. The number of aromatic nitrogens is 1. The average molecular weight is 294 g/mol. The number of anilines is 1. The Hall–Kier alpha value is -1.30. The standard InChI is InChI=1S/C13H12ClN3OS/c14-9-3-4-10(8-2-1-5-15-12(8)9)17-13(18)11-6-19-7-16-11/h1-5,11,16H,6-7H2,(H,17,18). The summed E-state index contributed by atoms with van der Waals surface area (Å²) in [4.78, 5) is 16.3. The molecule has 19 heavy (non-hydrogen) atoms. The quantitative estimate of drug-likeness (QED) is 0.893. The monoisotopic (exact) mass is 293 g/mol. The van der Waals surface area contributed by atoms with E-state index in [4.69, 9.17) is 11.6 Å². The van der Waals surface area contributed by atoms with Crippen LogP contribution in [-0.2, 0) is 4.79 Å². The highest BCUT2D eigenvalue weighted by Gasteiger charge is 2.23. The van der Waals surface area contributed by atoms with E-state index in [2.05, 4.69) is 15.6 Å². The van der Waals surface area contributed by atoms with E-state index < -0.39 is 0 Å². The number of hydrogen-bond donors (Lipinski definition) is 2. The first kappa shape index (κ1) is 12.7. The van der Waals surface area contributed by atoms with Gasteiger partial charge in [-0.25, -0.2) is 0 Å². The summed E-state index contributed by atoms with van der Waals surface area (Å²) in [6.45, 7) is 0. The van der Waals surface area contributed by atoms with Gasteiger partial charge in [0.1, 0.15) is 0 Å². The number of halogens is 1. The van der Waals surface area contributed by atoms with E-state index in [9.17, 15) is 4.79 Å². The first-order valence-electron chi connectivity index (χ1n) is 5.91. The maximum absolute atomic E-state index is 12.1. The minimum absolute atomic E-state index is 0.0162. The van der Waals surface area contributed by atoms with E-state index in [-0.39, 0.29) is 11.9 Å². The number of nitrogens with zero attached hydrogens (tertiary/aromatic N) is 1. The predicted octanol–water partition coefficient (Wildman–Crippen LogP) is 2.49. The number of benzene rings is 1. The van der Waals surface area contributed by atoms with Crippen molar-refractivity contribution < 1.29 is 4.79 Å². The van der Waals surface area contributed by atoms with Gasteiger partial charge in [-0.15, -0.1) is 11.8 Å². The summed E-state index contributed by atoms with van der Waals surface area (Å²) < 4.78 is 0. The molecule has 1 atom stereocenters. The SMILES string of the molecule is O=C(Nc1ccc(Cl)c2ncccc12)C1CSCN1. The van der Waals surface area contributed by atoms with Gasteiger partial charge in [-0.2, -0.15) is 0 Å². The Labute approximate surface area is 119 Å². The molecule has 0 bridgehead atoms. The number of fused-ring (bicyclic) bond motifs is 1. The van der Waals surface area contributed by atoms with Crippen molar-refractivity contribution in [2.75, 3.05) is 16.9 Å². The van der Waals surface area contributed by atoms with Gasteiger partial charge in [0, 0.05) is 23.2 Å². The first-order chi connectivity index (χ1) is 9.25. The highest BCUT2D eigenvalue weighted by Crippen LogP contribution is 2.28. The number of rotatable bonds is 2. The summed E-state index contributed by atoms with van der Waals surface area (Å²) >= 11 is 7.82. The van der Waals surface area contributed by atoms with Crippen LogP contribution in [0.5, 0.6) is 0 Å². The number of carbonyl (C=O) groups is 1. The van der Waals surface area contributed by atoms with Crippen molar-refractivity contribution in [3.05, 3.63) is 35.5 Å². The molecule has 2 N–H and O–H groups in total. The van der Waals surface area contributed by atoms with Gasteiger partial charge in [0.25, 0.3) is 0 Å². The molecule has 3 rings (SSSR count). The minimum Gasteiger partial charge on any atom is -0.324 e. The molecule has 1 aromatic heterocycles. The zero-order chi connectivity index (χ0) is 13.2. The second-order valence-corrected chi connectivity index (χ2v) is 5.69. The van der Waals surface area contributed by atoms with Gasteiger partial charge in [-0.05, 0) is 24.3 Å². The minimum atomic E-state index is -0.132. The van der Waals surface area contributed by atoms with E-state index in [1.165, 1.54) is 0 Å². The summed E-state index contributed by atoms with van der Waals surface area (Å²) in [6.07, 6.45) is 1.69. The van der Waals surface area contributed by atoms with Crippen molar-refractivity contribution in [2.45, 2.75) is 6.04 Å². The van der Waals surface area contributed by atoms with Crippen LogP contribution in [0.15, 0.2) is 30.5 Å². The highest BCUT2D eigenvalue weighted by atomic mass is 35.5. The summed E-state index contributed by atoms with van der Waals surface area (Å²) in [5.74, 6) is 1.61. The number of nitrogens with one attached hydrogen (secondary N) is 2. The van der Waals surface area contributed by atoms with E-state index in [1.807, 2.05) is 18.2 Å². The lowest BCUT2D eigenvalue weighted by Crippen LogP contribution is -2.37. The number of hydrogen-bond acceptors (Lipinski definition) is 4. The van der Waals surface area contributed by atoms with Crippen LogP contribution in [0.25, 0.3) is 10.9 Å². The zero-order valence-corrected chi connectivity index (χ0v) is 11.6. The number of thioether (sulfide) groups is 1. The van der Waals surface area contributed by atoms with Crippen LogP contribution in [0.1, 0.15) is 0 Å². The van der Waals surface area contributed by atoms with Crippen LogP contribution in [0.3, 0.4) is 0 Å². The van der Waals surface area contributed by atoms with E-state index >= 15 is 0 Å². The second kappa shape index (κ2) is 5.36. The normalized spacial score (nSPS) is 18.7. The summed E-state index contributed by atoms with van der Waals surface area (Å²) in [7, 11) is 0. The van der Waals surface area contributed by atoms with Gasteiger partial charge in [0.05, 0.1) is 22.3 Å². The third-order valence-corrected chi connectivity index (χ3v) is 4.26. The van der Waals surface area contributed by atoms with Gasteiger partial charge in [-0.1, -0.05) is 11.6 Å². The average Bonchev–Trinajstić information content (AvgIpc) is 2.96. The molecule has 6 heteroatoms. The molecule has 2 heterocycles. The lowest BCUT2D eigenvalue weighted by atomic mass is 10.1. The fourth-order valence-electron chi connectivity index (χ4n) is 2.03. The number of carbonyl (C=O) groups excluding carboxylic acids is 1. The first-order valence-corrected chi connectivity index (χ1v) is 7.44. The molecule has 1 amide bonds. The molecule has 1 aliphatic rings. The predicted molar refractivity (Wildman–Crippen MR) is 79.6 cm³/mol.